The summed E-state index contributed by atoms with van der Waals surface area (Å²) in [6.45, 7) is 0. The first-order chi connectivity index (χ1) is 26.3. The summed E-state index contributed by atoms with van der Waals surface area (Å²) in [7, 11) is 0. The van der Waals surface area contributed by atoms with Gasteiger partial charge in [0.25, 0.3) is 0 Å². The maximum Gasteiger partial charge on any atom is 0.235 e. The van der Waals surface area contributed by atoms with Gasteiger partial charge >= 0.3 is 0 Å². The molecule has 0 aliphatic rings. The molecule has 0 aliphatic heterocycles. The lowest BCUT2D eigenvalue weighted by atomic mass is 10.0. The minimum atomic E-state index is 0.641. The molecule has 0 N–H and O–H groups in total. The highest BCUT2D eigenvalue weighted by atomic mass is 16.3. The zero-order valence-corrected chi connectivity index (χ0v) is 28.4. The van der Waals surface area contributed by atoms with Crippen molar-refractivity contribution in [1.82, 2.24) is 19.1 Å². The van der Waals surface area contributed by atoms with E-state index >= 15 is 0 Å². The molecule has 0 spiro atoms. The second-order valence-electron chi connectivity index (χ2n) is 13.8. The predicted octanol–water partition coefficient (Wildman–Crippen LogP) is 12.5. The van der Waals surface area contributed by atoms with Crippen molar-refractivity contribution in [1.29, 1.82) is 0 Å². The maximum absolute atomic E-state index is 6.86. The summed E-state index contributed by atoms with van der Waals surface area (Å²) in [6, 6.07) is 59.9. The number of fused-ring (bicyclic) bond motifs is 13. The van der Waals surface area contributed by atoms with Crippen molar-refractivity contribution < 1.29 is 4.42 Å². The lowest BCUT2D eigenvalue weighted by Gasteiger charge is -2.12. The van der Waals surface area contributed by atoms with Gasteiger partial charge in [-0.05, 0) is 65.4 Å². The molecule has 12 aromatic rings. The van der Waals surface area contributed by atoms with E-state index in [9.17, 15) is 0 Å². The Bertz CT molecular complexity index is 3450. The number of benzene rings is 8. The SMILES string of the molecule is c1ccc(-c2nc(-n3c4ccccc4c4cc5c6c7oc8ccc9ccccc9c8c7ccc6n(-c6ccccc6)c5cc43)nc3ccccc23)cc1. The fourth-order valence-corrected chi connectivity index (χ4v) is 8.62. The van der Waals surface area contributed by atoms with E-state index in [2.05, 4.69) is 167 Å². The van der Waals surface area contributed by atoms with Crippen LogP contribution in [0.4, 0.5) is 0 Å². The van der Waals surface area contributed by atoms with E-state index in [-0.39, 0.29) is 0 Å². The summed E-state index contributed by atoms with van der Waals surface area (Å²) in [4.78, 5) is 10.6. The Kier molecular flexibility index (Phi) is 5.71. The number of para-hydroxylation sites is 3. The summed E-state index contributed by atoms with van der Waals surface area (Å²) < 4.78 is 11.5. The van der Waals surface area contributed by atoms with Crippen LogP contribution in [0.1, 0.15) is 0 Å². The quantitative estimate of drug-likeness (QED) is 0.187. The highest BCUT2D eigenvalue weighted by Gasteiger charge is 2.23. The first kappa shape index (κ1) is 28.5. The fourth-order valence-electron chi connectivity index (χ4n) is 8.62. The number of nitrogens with zero attached hydrogens (tertiary/aromatic N) is 4. The maximum atomic E-state index is 6.86. The monoisotopic (exact) mass is 676 g/mol. The van der Waals surface area contributed by atoms with Gasteiger partial charge in [-0.25, -0.2) is 9.97 Å². The zero-order chi connectivity index (χ0) is 34.6. The van der Waals surface area contributed by atoms with E-state index in [4.69, 9.17) is 14.4 Å². The fraction of sp³-hybridized carbons (Fsp3) is 0. The molecule has 0 atom stereocenters. The standard InChI is InChI=1S/C48H28N4O/c1-3-14-30(15-4-1)46-34-20-9-11-21-38(34)49-48(50-46)52-39-22-12-10-19-33(39)36-27-37-42(28-41(36)52)51(31-16-5-2-6-17-31)40-25-24-35-44-32-18-8-7-13-29(32)23-26-43(44)53-47(35)45(37)40/h1-28H. The van der Waals surface area contributed by atoms with Gasteiger partial charge in [0, 0.05) is 43.6 Å². The van der Waals surface area contributed by atoms with Crippen molar-refractivity contribution in [2.45, 2.75) is 0 Å². The molecule has 53 heavy (non-hydrogen) atoms. The largest absolute Gasteiger partial charge is 0.455 e. The highest BCUT2D eigenvalue weighted by Crippen LogP contribution is 2.45. The zero-order valence-electron chi connectivity index (χ0n) is 28.4. The van der Waals surface area contributed by atoms with Crippen LogP contribution in [-0.4, -0.2) is 19.1 Å². The van der Waals surface area contributed by atoms with Crippen LogP contribution in [0.15, 0.2) is 174 Å². The molecule has 4 heterocycles. The van der Waals surface area contributed by atoms with Crippen molar-refractivity contribution >= 4 is 87.2 Å². The van der Waals surface area contributed by atoms with Crippen LogP contribution in [0.3, 0.4) is 0 Å². The second kappa shape index (κ2) is 10.6. The topological polar surface area (TPSA) is 48.8 Å². The normalized spacial score (nSPS) is 12.2. The molecule has 12 rings (SSSR count). The minimum absolute atomic E-state index is 0.641. The molecular formula is C48H28N4O. The van der Waals surface area contributed by atoms with Crippen LogP contribution in [-0.2, 0) is 0 Å². The van der Waals surface area contributed by atoms with Crippen LogP contribution in [0.2, 0.25) is 0 Å². The highest BCUT2D eigenvalue weighted by molar-refractivity contribution is 6.29. The molecule has 0 unspecified atom stereocenters. The third-order valence-corrected chi connectivity index (χ3v) is 10.9. The molecule has 0 aliphatic carbocycles. The summed E-state index contributed by atoms with van der Waals surface area (Å²) in [5, 5.41) is 10.2. The van der Waals surface area contributed by atoms with Crippen LogP contribution in [0.5, 0.6) is 0 Å². The first-order valence-corrected chi connectivity index (χ1v) is 17.9. The van der Waals surface area contributed by atoms with Crippen LogP contribution in [0.25, 0.3) is 110 Å². The Labute approximate surface area is 302 Å². The average Bonchev–Trinajstić information content (AvgIpc) is 3.87. The van der Waals surface area contributed by atoms with E-state index in [1.807, 2.05) is 12.1 Å². The predicted molar refractivity (Wildman–Crippen MR) is 218 cm³/mol. The Hall–Kier alpha value is -7.24. The van der Waals surface area contributed by atoms with Crippen molar-refractivity contribution in [3.63, 3.8) is 0 Å². The van der Waals surface area contributed by atoms with Gasteiger partial charge in [0.1, 0.15) is 11.2 Å². The molecule has 246 valence electrons. The molecule has 4 aromatic heterocycles. The summed E-state index contributed by atoms with van der Waals surface area (Å²) in [6.07, 6.45) is 0. The van der Waals surface area contributed by atoms with Crippen LogP contribution >= 0.6 is 0 Å². The molecule has 0 radical (unpaired) electrons. The molecule has 0 saturated heterocycles. The molecule has 8 aromatic carbocycles. The van der Waals surface area contributed by atoms with Gasteiger partial charge in [0.05, 0.1) is 38.7 Å². The number of hydrogen-bond donors (Lipinski definition) is 0. The van der Waals surface area contributed by atoms with Gasteiger partial charge < -0.3 is 8.98 Å². The third-order valence-electron chi connectivity index (χ3n) is 10.9. The van der Waals surface area contributed by atoms with Crippen molar-refractivity contribution in [3.05, 3.63) is 170 Å². The number of hydrogen-bond acceptors (Lipinski definition) is 3. The van der Waals surface area contributed by atoms with E-state index < -0.39 is 0 Å². The summed E-state index contributed by atoms with van der Waals surface area (Å²) >= 11 is 0. The molecule has 5 nitrogen and oxygen atoms in total. The Morgan fingerprint density at radius 1 is 0.415 bits per heavy atom. The van der Waals surface area contributed by atoms with Gasteiger partial charge in [0.15, 0.2) is 0 Å². The average molecular weight is 677 g/mol. The molecule has 5 heteroatoms. The van der Waals surface area contributed by atoms with Gasteiger partial charge in [-0.2, -0.15) is 0 Å². The van der Waals surface area contributed by atoms with Crippen molar-refractivity contribution in [2.75, 3.05) is 0 Å². The van der Waals surface area contributed by atoms with E-state index in [1.54, 1.807) is 0 Å². The van der Waals surface area contributed by atoms with Gasteiger partial charge in [0.2, 0.25) is 5.95 Å². The molecule has 0 fully saturated rings. The second-order valence-corrected chi connectivity index (χ2v) is 13.8. The summed E-state index contributed by atoms with van der Waals surface area (Å²) in [5.74, 6) is 0.641. The van der Waals surface area contributed by atoms with E-state index in [0.717, 1.165) is 93.4 Å². The molecule has 0 saturated carbocycles. The Morgan fingerprint density at radius 3 is 2.00 bits per heavy atom. The molecule has 0 amide bonds. The Morgan fingerprint density at radius 2 is 1.13 bits per heavy atom. The lowest BCUT2D eigenvalue weighted by Crippen LogP contribution is -2.03. The van der Waals surface area contributed by atoms with Crippen LogP contribution < -0.4 is 0 Å². The smallest absolute Gasteiger partial charge is 0.235 e. The molecular weight excluding hydrogens is 649 g/mol. The number of rotatable bonds is 3. The van der Waals surface area contributed by atoms with Gasteiger partial charge in [-0.3, -0.25) is 4.57 Å². The first-order valence-electron chi connectivity index (χ1n) is 17.9. The van der Waals surface area contributed by atoms with Crippen molar-refractivity contribution in [2.24, 2.45) is 0 Å². The number of furan rings is 1. The Balaban J connectivity index is 1.24. The lowest BCUT2D eigenvalue weighted by molar-refractivity contribution is 0.673. The van der Waals surface area contributed by atoms with Gasteiger partial charge in [-0.15, -0.1) is 0 Å². The van der Waals surface area contributed by atoms with E-state index in [1.165, 1.54) is 10.8 Å². The summed E-state index contributed by atoms with van der Waals surface area (Å²) in [5.41, 5.74) is 10.0. The molecule has 0 bridgehead atoms. The third kappa shape index (κ3) is 3.96. The number of aromatic nitrogens is 4. The van der Waals surface area contributed by atoms with Gasteiger partial charge in [-0.1, -0.05) is 115 Å². The van der Waals surface area contributed by atoms with Crippen molar-refractivity contribution in [3.8, 4) is 22.9 Å². The minimum Gasteiger partial charge on any atom is -0.455 e. The van der Waals surface area contributed by atoms with Crippen LogP contribution in [0, 0.1) is 0 Å². The van der Waals surface area contributed by atoms with E-state index in [0.29, 0.717) is 5.95 Å².